The minimum atomic E-state index is -0.600. The number of hydrogen-bond acceptors (Lipinski definition) is 7. The number of halogens is 1. The van der Waals surface area contributed by atoms with Crippen molar-refractivity contribution in [3.8, 4) is 11.8 Å². The maximum Gasteiger partial charge on any atom is 0.224 e. The number of hydrogen-bond donors (Lipinski definition) is 3. The van der Waals surface area contributed by atoms with Gasteiger partial charge in [-0.15, -0.1) is 0 Å². The maximum atomic E-state index is 10.1. The Bertz CT molecular complexity index is 970. The van der Waals surface area contributed by atoms with Gasteiger partial charge in [0.05, 0.1) is 35.7 Å². The predicted molar refractivity (Wildman–Crippen MR) is 111 cm³/mol. The monoisotopic (exact) mass is 413 g/mol. The highest BCUT2D eigenvalue weighted by molar-refractivity contribution is 6.31. The first-order valence-corrected chi connectivity index (χ1v) is 10.2. The van der Waals surface area contributed by atoms with Crippen LogP contribution in [-0.2, 0) is 17.8 Å². The Labute approximate surface area is 175 Å². The van der Waals surface area contributed by atoms with Crippen molar-refractivity contribution < 1.29 is 9.84 Å². The summed E-state index contributed by atoms with van der Waals surface area (Å²) in [7, 11) is 0. The van der Waals surface area contributed by atoms with Crippen LogP contribution in [0.2, 0.25) is 5.02 Å². The summed E-state index contributed by atoms with van der Waals surface area (Å²) in [4.78, 5) is 13.2. The van der Waals surface area contributed by atoms with E-state index in [0.29, 0.717) is 42.2 Å². The normalized spacial score (nSPS) is 20.9. The maximum absolute atomic E-state index is 10.1. The van der Waals surface area contributed by atoms with Crippen LogP contribution in [0, 0.1) is 11.8 Å². The number of nitrogens with one attached hydrogen (secondary N) is 2. The molecule has 0 unspecified atom stereocenters. The highest BCUT2D eigenvalue weighted by Crippen LogP contribution is 2.28. The summed E-state index contributed by atoms with van der Waals surface area (Å²) >= 11 is 6.28. The Hall–Kier alpha value is -2.24. The zero-order valence-corrected chi connectivity index (χ0v) is 17.3. The fraction of sp³-hybridized carbons (Fsp3) is 0.476. The lowest BCUT2D eigenvalue weighted by molar-refractivity contribution is -0.0136. The van der Waals surface area contributed by atoms with E-state index in [2.05, 4.69) is 51.3 Å². The second kappa shape index (κ2) is 8.64. The van der Waals surface area contributed by atoms with Crippen molar-refractivity contribution in [1.29, 1.82) is 0 Å². The molecule has 0 spiro atoms. The minimum Gasteiger partial charge on any atom is -0.389 e. The molecule has 1 fully saturated rings. The van der Waals surface area contributed by atoms with Crippen molar-refractivity contribution >= 4 is 17.5 Å². The van der Waals surface area contributed by atoms with Gasteiger partial charge in [0.1, 0.15) is 5.69 Å². The van der Waals surface area contributed by atoms with E-state index in [1.54, 1.807) is 0 Å². The largest absolute Gasteiger partial charge is 0.389 e. The van der Waals surface area contributed by atoms with Gasteiger partial charge in [-0.2, -0.15) is 0 Å². The molecule has 1 saturated heterocycles. The van der Waals surface area contributed by atoms with Crippen molar-refractivity contribution in [3.05, 3.63) is 45.5 Å². The molecular formula is C21H24ClN5O2. The SMILES string of the molecule is CC(C)c1c(C#Cc2nc(N[C@@H]3CCOC[C@H]3O)ncc2Cl)cnc2c1CNC2. The van der Waals surface area contributed by atoms with E-state index < -0.39 is 6.10 Å². The quantitative estimate of drug-likeness (QED) is 0.664. The van der Waals surface area contributed by atoms with E-state index in [9.17, 15) is 5.11 Å². The Kier molecular flexibility index (Phi) is 5.97. The zero-order valence-electron chi connectivity index (χ0n) is 16.5. The Balaban J connectivity index is 1.62. The van der Waals surface area contributed by atoms with Gasteiger partial charge in [-0.3, -0.25) is 4.98 Å². The number of aliphatic hydroxyl groups is 1. The molecule has 0 radical (unpaired) electrons. The molecule has 29 heavy (non-hydrogen) atoms. The first kappa shape index (κ1) is 20.0. The van der Waals surface area contributed by atoms with E-state index in [-0.39, 0.29) is 6.04 Å². The fourth-order valence-electron chi connectivity index (χ4n) is 3.73. The van der Waals surface area contributed by atoms with E-state index in [4.69, 9.17) is 16.3 Å². The molecule has 8 heteroatoms. The van der Waals surface area contributed by atoms with Crippen LogP contribution >= 0.6 is 11.6 Å². The molecule has 0 amide bonds. The second-order valence-corrected chi connectivity index (χ2v) is 8.00. The number of fused-ring (bicyclic) bond motifs is 1. The van der Waals surface area contributed by atoms with Crippen molar-refractivity contribution in [2.24, 2.45) is 0 Å². The molecule has 2 aromatic rings. The van der Waals surface area contributed by atoms with Gasteiger partial charge in [-0.05, 0) is 29.4 Å². The first-order chi connectivity index (χ1) is 14.0. The van der Waals surface area contributed by atoms with Crippen molar-refractivity contribution in [2.75, 3.05) is 18.5 Å². The smallest absolute Gasteiger partial charge is 0.224 e. The standard InChI is InChI=1S/C21H24ClN5O2/c1-12(2)20-13(7-24-18-10-23-8-14(18)20)3-4-16-15(22)9-25-21(26-16)27-17-5-6-29-11-19(17)28/h7,9,12,17,19,23,28H,5-6,8,10-11H2,1-2H3,(H,25,26,27)/t17-,19-/m1/s1. The molecule has 7 nitrogen and oxygen atoms in total. The number of pyridine rings is 1. The topological polar surface area (TPSA) is 92.2 Å². The van der Waals surface area contributed by atoms with E-state index in [1.165, 1.54) is 17.3 Å². The van der Waals surface area contributed by atoms with Gasteiger partial charge in [0, 0.05) is 31.5 Å². The molecular weight excluding hydrogens is 390 g/mol. The Morgan fingerprint density at radius 2 is 2.14 bits per heavy atom. The predicted octanol–water partition coefficient (Wildman–Crippen LogP) is 2.21. The van der Waals surface area contributed by atoms with Crippen LogP contribution in [0.4, 0.5) is 5.95 Å². The fourth-order valence-corrected chi connectivity index (χ4v) is 3.87. The van der Waals surface area contributed by atoms with Gasteiger partial charge < -0.3 is 20.5 Å². The molecule has 4 heterocycles. The van der Waals surface area contributed by atoms with Gasteiger partial charge in [-0.25, -0.2) is 9.97 Å². The molecule has 2 aliphatic rings. The third-order valence-corrected chi connectivity index (χ3v) is 5.46. The van der Waals surface area contributed by atoms with Crippen LogP contribution in [0.1, 0.15) is 54.3 Å². The average molecular weight is 414 g/mol. The molecule has 0 aliphatic carbocycles. The lowest BCUT2D eigenvalue weighted by atomic mass is 9.93. The highest BCUT2D eigenvalue weighted by atomic mass is 35.5. The van der Waals surface area contributed by atoms with Crippen LogP contribution in [0.25, 0.3) is 0 Å². The van der Waals surface area contributed by atoms with Gasteiger partial charge in [0.25, 0.3) is 0 Å². The molecule has 2 aliphatic heterocycles. The molecule has 2 atom stereocenters. The van der Waals surface area contributed by atoms with Gasteiger partial charge in [-0.1, -0.05) is 31.4 Å². The van der Waals surface area contributed by atoms with Crippen molar-refractivity contribution in [1.82, 2.24) is 20.3 Å². The molecule has 0 saturated carbocycles. The molecule has 152 valence electrons. The van der Waals surface area contributed by atoms with E-state index in [0.717, 1.165) is 24.3 Å². The summed E-state index contributed by atoms with van der Waals surface area (Å²) in [6.45, 7) is 6.84. The molecule has 0 aromatic carbocycles. The summed E-state index contributed by atoms with van der Waals surface area (Å²) in [5.74, 6) is 7.02. The zero-order chi connectivity index (χ0) is 20.4. The summed E-state index contributed by atoms with van der Waals surface area (Å²) in [6, 6.07) is -0.160. The minimum absolute atomic E-state index is 0.160. The number of anilines is 1. The Morgan fingerprint density at radius 3 is 2.93 bits per heavy atom. The van der Waals surface area contributed by atoms with Crippen LogP contribution in [-0.4, -0.2) is 45.4 Å². The van der Waals surface area contributed by atoms with Gasteiger partial charge in [0.15, 0.2) is 0 Å². The molecule has 2 aromatic heterocycles. The van der Waals surface area contributed by atoms with Crippen molar-refractivity contribution in [2.45, 2.75) is 51.4 Å². The van der Waals surface area contributed by atoms with Crippen molar-refractivity contribution in [3.63, 3.8) is 0 Å². The molecule has 4 rings (SSSR count). The number of aliphatic hydroxyl groups excluding tert-OH is 1. The van der Waals surface area contributed by atoms with E-state index in [1.807, 2.05) is 6.20 Å². The lowest BCUT2D eigenvalue weighted by Gasteiger charge is -2.28. The highest BCUT2D eigenvalue weighted by Gasteiger charge is 2.24. The number of ether oxygens (including phenoxy) is 1. The number of aromatic nitrogens is 3. The Morgan fingerprint density at radius 1 is 1.28 bits per heavy atom. The summed E-state index contributed by atoms with van der Waals surface area (Å²) < 4.78 is 5.26. The van der Waals surface area contributed by atoms with Crippen LogP contribution < -0.4 is 10.6 Å². The number of nitrogens with zero attached hydrogens (tertiary/aromatic N) is 3. The molecule has 3 N–H and O–H groups in total. The lowest BCUT2D eigenvalue weighted by Crippen LogP contribution is -2.42. The molecule has 0 bridgehead atoms. The summed E-state index contributed by atoms with van der Waals surface area (Å²) in [6.07, 6.45) is 3.44. The van der Waals surface area contributed by atoms with Gasteiger partial charge in [0.2, 0.25) is 5.95 Å². The van der Waals surface area contributed by atoms with Crippen LogP contribution in [0.3, 0.4) is 0 Å². The summed E-state index contributed by atoms with van der Waals surface area (Å²) in [5.41, 5.74) is 4.91. The van der Waals surface area contributed by atoms with Gasteiger partial charge >= 0.3 is 0 Å². The second-order valence-electron chi connectivity index (χ2n) is 7.59. The van der Waals surface area contributed by atoms with Crippen LogP contribution in [0.15, 0.2) is 12.4 Å². The third-order valence-electron chi connectivity index (χ3n) is 5.19. The van der Waals surface area contributed by atoms with Crippen LogP contribution in [0.5, 0.6) is 0 Å². The third kappa shape index (κ3) is 4.36. The average Bonchev–Trinajstić information content (AvgIpc) is 3.18. The first-order valence-electron chi connectivity index (χ1n) is 9.81. The van der Waals surface area contributed by atoms with E-state index >= 15 is 0 Å². The summed E-state index contributed by atoms with van der Waals surface area (Å²) in [5, 5.41) is 17.0. The number of rotatable bonds is 3.